The maximum Gasteiger partial charge on any atom is 0.325 e. The van der Waals surface area contributed by atoms with E-state index in [0.29, 0.717) is 6.42 Å². The van der Waals surface area contributed by atoms with Gasteiger partial charge in [-0.25, -0.2) is 4.79 Å². The van der Waals surface area contributed by atoms with Crippen LogP contribution in [0.2, 0.25) is 0 Å². The number of hydrogen-bond acceptors (Lipinski definition) is 4. The Labute approximate surface area is 118 Å². The second-order valence-corrected chi connectivity index (χ2v) is 4.82. The zero-order chi connectivity index (χ0) is 15.1. The van der Waals surface area contributed by atoms with Crippen LogP contribution in [0.1, 0.15) is 39.5 Å². The van der Waals surface area contributed by atoms with Gasteiger partial charge in [0.1, 0.15) is 6.54 Å². The third-order valence-corrected chi connectivity index (χ3v) is 3.09. The Morgan fingerprint density at radius 3 is 2.45 bits per heavy atom. The molecule has 114 valence electrons. The molecule has 20 heavy (non-hydrogen) atoms. The summed E-state index contributed by atoms with van der Waals surface area (Å²) < 4.78 is 4.84. The van der Waals surface area contributed by atoms with Gasteiger partial charge in [-0.2, -0.15) is 0 Å². The van der Waals surface area contributed by atoms with Crippen LogP contribution in [-0.2, 0) is 14.3 Å². The fraction of sp³-hybridized carbons (Fsp3) is 0.769. The van der Waals surface area contributed by atoms with E-state index in [0.717, 1.165) is 12.8 Å². The topological polar surface area (TPSA) is 95.9 Å². The van der Waals surface area contributed by atoms with E-state index in [1.807, 2.05) is 0 Å². The molecule has 0 heterocycles. The van der Waals surface area contributed by atoms with Crippen molar-refractivity contribution in [3.63, 3.8) is 0 Å². The van der Waals surface area contributed by atoms with Crippen LogP contribution < -0.4 is 5.32 Å². The minimum absolute atomic E-state index is 0.0572. The first kappa shape index (κ1) is 16.3. The molecule has 7 heteroatoms. The van der Waals surface area contributed by atoms with Gasteiger partial charge in [0.2, 0.25) is 0 Å². The van der Waals surface area contributed by atoms with E-state index in [9.17, 15) is 14.4 Å². The van der Waals surface area contributed by atoms with Crippen molar-refractivity contribution in [3.05, 3.63) is 0 Å². The maximum atomic E-state index is 12.1. The molecule has 0 aromatic carbocycles. The van der Waals surface area contributed by atoms with Crippen LogP contribution in [0.25, 0.3) is 0 Å². The van der Waals surface area contributed by atoms with Gasteiger partial charge in [-0.15, -0.1) is 0 Å². The summed E-state index contributed by atoms with van der Waals surface area (Å²) >= 11 is 0. The zero-order valence-corrected chi connectivity index (χ0v) is 11.9. The highest BCUT2D eigenvalue weighted by Gasteiger charge is 2.35. The number of ether oxygens (including phenoxy) is 1. The first-order chi connectivity index (χ1) is 9.47. The van der Waals surface area contributed by atoms with Crippen molar-refractivity contribution < 1.29 is 24.2 Å². The fourth-order valence-corrected chi connectivity index (χ4v) is 1.86. The SMILES string of the molecule is CCOC(=O)CN(C(=O)NC(CC)CC(=O)O)C1CC1. The minimum Gasteiger partial charge on any atom is -0.481 e. The molecule has 0 saturated heterocycles. The summed E-state index contributed by atoms with van der Waals surface area (Å²) in [6, 6.07) is -0.765. The summed E-state index contributed by atoms with van der Waals surface area (Å²) in [6.45, 7) is 3.70. The molecule has 0 aromatic heterocycles. The second-order valence-electron chi connectivity index (χ2n) is 4.82. The Bertz CT molecular complexity index is 368. The number of carboxylic acid groups (broad SMARTS) is 1. The molecule has 1 fully saturated rings. The first-order valence-electron chi connectivity index (χ1n) is 6.92. The fourth-order valence-electron chi connectivity index (χ4n) is 1.86. The number of hydrogen-bond donors (Lipinski definition) is 2. The molecule has 0 spiro atoms. The molecule has 1 atom stereocenters. The standard InChI is InChI=1S/C13H22N2O5/c1-3-9(7-11(16)17)14-13(19)15(10-5-6-10)8-12(18)20-4-2/h9-10H,3-8H2,1-2H3,(H,14,19)(H,16,17). The molecular formula is C13H22N2O5. The monoisotopic (exact) mass is 286 g/mol. The Kier molecular flexibility index (Phi) is 6.27. The number of carbonyl (C=O) groups excluding carboxylic acids is 2. The number of rotatable bonds is 8. The lowest BCUT2D eigenvalue weighted by molar-refractivity contribution is -0.144. The molecule has 0 bridgehead atoms. The van der Waals surface area contributed by atoms with E-state index in [4.69, 9.17) is 9.84 Å². The zero-order valence-electron chi connectivity index (χ0n) is 11.9. The van der Waals surface area contributed by atoms with E-state index < -0.39 is 24.0 Å². The summed E-state index contributed by atoms with van der Waals surface area (Å²) in [5.74, 6) is -1.40. The molecular weight excluding hydrogens is 264 g/mol. The summed E-state index contributed by atoms with van der Waals surface area (Å²) in [6.07, 6.45) is 2.13. The molecule has 2 N–H and O–H groups in total. The lowest BCUT2D eigenvalue weighted by Gasteiger charge is -2.24. The van der Waals surface area contributed by atoms with Gasteiger partial charge in [-0.1, -0.05) is 6.92 Å². The average Bonchev–Trinajstić information content (AvgIpc) is 3.18. The lowest BCUT2D eigenvalue weighted by Crippen LogP contribution is -2.48. The number of esters is 1. The molecule has 0 radical (unpaired) electrons. The smallest absolute Gasteiger partial charge is 0.325 e. The lowest BCUT2D eigenvalue weighted by atomic mass is 10.1. The number of nitrogens with zero attached hydrogens (tertiary/aromatic N) is 1. The van der Waals surface area contributed by atoms with Crippen LogP contribution in [0.3, 0.4) is 0 Å². The maximum absolute atomic E-state index is 12.1. The Morgan fingerprint density at radius 1 is 1.35 bits per heavy atom. The number of aliphatic carboxylic acids is 1. The van der Waals surface area contributed by atoms with Gasteiger partial charge in [-0.05, 0) is 26.2 Å². The first-order valence-corrected chi connectivity index (χ1v) is 6.92. The van der Waals surface area contributed by atoms with Gasteiger partial charge < -0.3 is 20.1 Å². The molecule has 0 aliphatic heterocycles. The Balaban J connectivity index is 2.55. The number of urea groups is 1. The highest BCUT2D eigenvalue weighted by Crippen LogP contribution is 2.26. The van der Waals surface area contributed by atoms with Gasteiger partial charge in [0.15, 0.2) is 0 Å². The van der Waals surface area contributed by atoms with E-state index in [2.05, 4.69) is 5.32 Å². The number of nitrogens with one attached hydrogen (secondary N) is 1. The quantitative estimate of drug-likeness (QED) is 0.648. The van der Waals surface area contributed by atoms with Gasteiger partial charge in [0.05, 0.1) is 13.0 Å². The summed E-state index contributed by atoms with van der Waals surface area (Å²) in [5, 5.41) is 11.4. The largest absolute Gasteiger partial charge is 0.481 e. The normalized spacial score (nSPS) is 15.3. The van der Waals surface area contributed by atoms with Gasteiger partial charge in [-0.3, -0.25) is 9.59 Å². The molecule has 0 aromatic rings. The molecule has 1 rings (SSSR count). The van der Waals surface area contributed by atoms with Crippen molar-refractivity contribution in [1.82, 2.24) is 10.2 Å². The van der Waals surface area contributed by atoms with Crippen molar-refractivity contribution in [1.29, 1.82) is 0 Å². The molecule has 7 nitrogen and oxygen atoms in total. The molecule has 1 unspecified atom stereocenters. The van der Waals surface area contributed by atoms with Crippen LogP contribution in [0, 0.1) is 0 Å². The number of amides is 2. The third kappa shape index (κ3) is 5.46. The van der Waals surface area contributed by atoms with Crippen molar-refractivity contribution in [2.75, 3.05) is 13.2 Å². The highest BCUT2D eigenvalue weighted by atomic mass is 16.5. The summed E-state index contributed by atoms with van der Waals surface area (Å²) in [7, 11) is 0. The minimum atomic E-state index is -0.958. The number of carbonyl (C=O) groups is 3. The molecule has 1 aliphatic rings. The average molecular weight is 286 g/mol. The van der Waals surface area contributed by atoms with Crippen LogP contribution in [0.4, 0.5) is 4.79 Å². The van der Waals surface area contributed by atoms with Crippen LogP contribution in [0.5, 0.6) is 0 Å². The van der Waals surface area contributed by atoms with Crippen LogP contribution in [-0.4, -0.2) is 53.2 Å². The van der Waals surface area contributed by atoms with Crippen molar-refractivity contribution >= 4 is 18.0 Å². The van der Waals surface area contributed by atoms with E-state index >= 15 is 0 Å². The molecule has 2 amide bonds. The van der Waals surface area contributed by atoms with Crippen molar-refractivity contribution in [2.45, 2.75) is 51.6 Å². The Morgan fingerprint density at radius 2 is 2.00 bits per heavy atom. The van der Waals surface area contributed by atoms with Gasteiger partial charge in [0, 0.05) is 12.1 Å². The van der Waals surface area contributed by atoms with Gasteiger partial charge in [0.25, 0.3) is 0 Å². The molecule has 1 saturated carbocycles. The van der Waals surface area contributed by atoms with Crippen LogP contribution >= 0.6 is 0 Å². The van der Waals surface area contributed by atoms with E-state index in [1.165, 1.54) is 4.90 Å². The highest BCUT2D eigenvalue weighted by molar-refractivity contribution is 5.82. The summed E-state index contributed by atoms with van der Waals surface area (Å²) in [5.41, 5.74) is 0. The van der Waals surface area contributed by atoms with E-state index in [-0.39, 0.29) is 25.6 Å². The predicted octanol–water partition coefficient (Wildman–Crippen LogP) is 0.977. The Hall–Kier alpha value is -1.79. The number of carboxylic acids is 1. The third-order valence-electron chi connectivity index (χ3n) is 3.09. The predicted molar refractivity (Wildman–Crippen MR) is 71.2 cm³/mol. The van der Waals surface area contributed by atoms with Crippen molar-refractivity contribution in [2.24, 2.45) is 0 Å². The summed E-state index contributed by atoms with van der Waals surface area (Å²) in [4.78, 5) is 35.7. The molecule has 1 aliphatic carbocycles. The van der Waals surface area contributed by atoms with E-state index in [1.54, 1.807) is 13.8 Å². The van der Waals surface area contributed by atoms with Crippen molar-refractivity contribution in [3.8, 4) is 0 Å². The second kappa shape index (κ2) is 7.72. The van der Waals surface area contributed by atoms with Gasteiger partial charge >= 0.3 is 18.0 Å². The van der Waals surface area contributed by atoms with Crippen LogP contribution in [0.15, 0.2) is 0 Å².